The lowest BCUT2D eigenvalue weighted by Crippen LogP contribution is -2.41. The van der Waals surface area contributed by atoms with Crippen LogP contribution in [0.1, 0.15) is 48.2 Å². The monoisotopic (exact) mass is 479 g/mol. The third-order valence-corrected chi connectivity index (χ3v) is 5.57. The number of carbonyl (C=O) groups is 1. The first-order chi connectivity index (χ1) is 11.5. The SMILES string of the molecule is CCC(CCNC(=NC)NCc1nc(C)c(C)s1)N1CCCC1=O.I. The van der Waals surface area contributed by atoms with Crippen LogP contribution in [-0.4, -0.2) is 47.9 Å². The number of carbonyl (C=O) groups excluding carboxylic acids is 1. The van der Waals surface area contributed by atoms with Gasteiger partial charge in [0.05, 0.1) is 12.2 Å². The zero-order valence-electron chi connectivity index (χ0n) is 15.6. The number of aliphatic imine (C=N–C) groups is 1. The summed E-state index contributed by atoms with van der Waals surface area (Å²) in [5.74, 6) is 1.09. The van der Waals surface area contributed by atoms with Crippen LogP contribution >= 0.6 is 35.3 Å². The number of nitrogens with one attached hydrogen (secondary N) is 2. The Bertz CT molecular complexity index is 570. The molecule has 1 aromatic heterocycles. The van der Waals surface area contributed by atoms with Gasteiger partial charge in [0.25, 0.3) is 0 Å². The highest BCUT2D eigenvalue weighted by molar-refractivity contribution is 14.0. The second kappa shape index (κ2) is 10.9. The fraction of sp³-hybridized carbons (Fsp3) is 0.706. The van der Waals surface area contributed by atoms with Crippen LogP contribution in [0.15, 0.2) is 4.99 Å². The van der Waals surface area contributed by atoms with E-state index >= 15 is 0 Å². The molecule has 1 aliphatic heterocycles. The smallest absolute Gasteiger partial charge is 0.222 e. The van der Waals surface area contributed by atoms with Gasteiger partial charge >= 0.3 is 0 Å². The van der Waals surface area contributed by atoms with Gasteiger partial charge in [0.1, 0.15) is 5.01 Å². The minimum absolute atomic E-state index is 0. The van der Waals surface area contributed by atoms with Gasteiger partial charge < -0.3 is 15.5 Å². The van der Waals surface area contributed by atoms with Crippen molar-refractivity contribution in [3.8, 4) is 0 Å². The van der Waals surface area contributed by atoms with Crippen molar-refractivity contribution in [2.24, 2.45) is 4.99 Å². The van der Waals surface area contributed by atoms with Crippen molar-refractivity contribution in [1.29, 1.82) is 0 Å². The predicted molar refractivity (Wildman–Crippen MR) is 115 cm³/mol. The zero-order valence-corrected chi connectivity index (χ0v) is 18.7. The van der Waals surface area contributed by atoms with Crippen LogP contribution in [0.5, 0.6) is 0 Å². The number of hydrogen-bond acceptors (Lipinski definition) is 4. The van der Waals surface area contributed by atoms with E-state index in [1.807, 2.05) is 11.8 Å². The molecule has 0 aliphatic carbocycles. The third-order valence-electron chi connectivity index (χ3n) is 4.50. The summed E-state index contributed by atoms with van der Waals surface area (Å²) in [5.41, 5.74) is 1.10. The number of thiazole rings is 1. The van der Waals surface area contributed by atoms with E-state index in [4.69, 9.17) is 0 Å². The van der Waals surface area contributed by atoms with E-state index in [1.54, 1.807) is 18.4 Å². The number of aromatic nitrogens is 1. The molecule has 2 rings (SSSR count). The van der Waals surface area contributed by atoms with Crippen LogP contribution in [0.3, 0.4) is 0 Å². The van der Waals surface area contributed by atoms with Crippen LogP contribution in [0.25, 0.3) is 0 Å². The first kappa shape index (κ1) is 22.1. The highest BCUT2D eigenvalue weighted by Crippen LogP contribution is 2.18. The summed E-state index contributed by atoms with van der Waals surface area (Å²) in [6, 6.07) is 0.329. The summed E-state index contributed by atoms with van der Waals surface area (Å²) in [5, 5.41) is 7.72. The summed E-state index contributed by atoms with van der Waals surface area (Å²) < 4.78 is 0. The van der Waals surface area contributed by atoms with Gasteiger partial charge in [-0.05, 0) is 33.1 Å². The molecule has 8 heteroatoms. The highest BCUT2D eigenvalue weighted by atomic mass is 127. The largest absolute Gasteiger partial charge is 0.356 e. The molecule has 142 valence electrons. The molecular weight excluding hydrogens is 449 g/mol. The van der Waals surface area contributed by atoms with Crippen molar-refractivity contribution in [1.82, 2.24) is 20.5 Å². The van der Waals surface area contributed by atoms with E-state index in [0.29, 0.717) is 24.9 Å². The van der Waals surface area contributed by atoms with E-state index in [-0.39, 0.29) is 24.0 Å². The molecule has 1 fully saturated rings. The first-order valence-corrected chi connectivity index (χ1v) is 9.53. The van der Waals surface area contributed by atoms with Gasteiger partial charge in [-0.15, -0.1) is 35.3 Å². The number of aryl methyl sites for hydroxylation is 2. The van der Waals surface area contributed by atoms with Gasteiger partial charge in [-0.25, -0.2) is 4.98 Å². The fourth-order valence-electron chi connectivity index (χ4n) is 2.99. The van der Waals surface area contributed by atoms with Crippen LogP contribution in [0.4, 0.5) is 0 Å². The van der Waals surface area contributed by atoms with Crippen LogP contribution in [0.2, 0.25) is 0 Å². The zero-order chi connectivity index (χ0) is 17.5. The average molecular weight is 479 g/mol. The predicted octanol–water partition coefficient (Wildman–Crippen LogP) is 2.83. The Morgan fingerprint density at radius 3 is 2.68 bits per heavy atom. The van der Waals surface area contributed by atoms with Crippen molar-refractivity contribution < 1.29 is 4.79 Å². The van der Waals surface area contributed by atoms with Gasteiger partial charge in [-0.2, -0.15) is 0 Å². The molecular formula is C17H30IN5OS. The van der Waals surface area contributed by atoms with Gasteiger partial charge in [-0.3, -0.25) is 9.79 Å². The van der Waals surface area contributed by atoms with E-state index in [1.165, 1.54) is 4.88 Å². The number of likely N-dealkylation sites (tertiary alicyclic amines) is 1. The normalized spacial score (nSPS) is 15.9. The van der Waals surface area contributed by atoms with Crippen molar-refractivity contribution in [3.05, 3.63) is 15.6 Å². The van der Waals surface area contributed by atoms with Gasteiger partial charge in [0.15, 0.2) is 5.96 Å². The molecule has 1 aromatic rings. The quantitative estimate of drug-likeness (QED) is 0.359. The van der Waals surface area contributed by atoms with Crippen LogP contribution in [0, 0.1) is 13.8 Å². The minimum Gasteiger partial charge on any atom is -0.356 e. The van der Waals surface area contributed by atoms with E-state index < -0.39 is 0 Å². The van der Waals surface area contributed by atoms with Crippen molar-refractivity contribution >= 4 is 47.2 Å². The number of hydrogen-bond donors (Lipinski definition) is 2. The maximum atomic E-state index is 11.9. The van der Waals surface area contributed by atoms with E-state index in [9.17, 15) is 4.79 Å². The summed E-state index contributed by atoms with van der Waals surface area (Å²) in [7, 11) is 1.77. The number of rotatable bonds is 7. The number of nitrogens with zero attached hydrogens (tertiary/aromatic N) is 3. The summed E-state index contributed by atoms with van der Waals surface area (Å²) in [6.07, 6.45) is 3.65. The summed E-state index contributed by atoms with van der Waals surface area (Å²) in [4.78, 5) is 24.0. The molecule has 0 saturated carbocycles. The van der Waals surface area contributed by atoms with Crippen molar-refractivity contribution in [2.75, 3.05) is 20.1 Å². The molecule has 1 unspecified atom stereocenters. The Morgan fingerprint density at radius 1 is 1.40 bits per heavy atom. The maximum absolute atomic E-state index is 11.9. The second-order valence-corrected chi connectivity index (χ2v) is 7.43. The maximum Gasteiger partial charge on any atom is 0.222 e. The van der Waals surface area contributed by atoms with Gasteiger partial charge in [-0.1, -0.05) is 6.92 Å². The molecule has 1 aliphatic rings. The van der Waals surface area contributed by atoms with Crippen LogP contribution in [-0.2, 0) is 11.3 Å². The van der Waals surface area contributed by atoms with Crippen LogP contribution < -0.4 is 10.6 Å². The van der Waals surface area contributed by atoms with Gasteiger partial charge in [0, 0.05) is 37.5 Å². The lowest BCUT2D eigenvalue weighted by molar-refractivity contribution is -0.129. The topological polar surface area (TPSA) is 69.6 Å². The third kappa shape index (κ3) is 6.40. The fourth-order valence-corrected chi connectivity index (χ4v) is 3.86. The molecule has 0 bridgehead atoms. The Labute approximate surface area is 171 Å². The summed E-state index contributed by atoms with van der Waals surface area (Å²) >= 11 is 1.72. The highest BCUT2D eigenvalue weighted by Gasteiger charge is 2.26. The second-order valence-electron chi connectivity index (χ2n) is 6.14. The molecule has 1 amide bonds. The molecule has 2 N–H and O–H groups in total. The first-order valence-electron chi connectivity index (χ1n) is 8.72. The van der Waals surface area contributed by atoms with Crippen molar-refractivity contribution in [3.63, 3.8) is 0 Å². The Hall–Kier alpha value is -0.900. The molecule has 2 heterocycles. The lowest BCUT2D eigenvalue weighted by atomic mass is 10.1. The number of guanidine groups is 1. The number of amides is 1. The Balaban J connectivity index is 0.00000312. The Morgan fingerprint density at radius 2 is 2.16 bits per heavy atom. The molecule has 0 radical (unpaired) electrons. The van der Waals surface area contributed by atoms with E-state index in [0.717, 1.165) is 49.0 Å². The standard InChI is InChI=1S/C17H29N5OS.HI/c1-5-14(22-10-6-7-16(22)23)8-9-19-17(18-4)20-11-15-21-12(2)13(3)24-15;/h14H,5-11H2,1-4H3,(H2,18,19,20);1H. The molecule has 0 spiro atoms. The average Bonchev–Trinajstić information content (AvgIpc) is 3.13. The van der Waals surface area contributed by atoms with Crippen molar-refractivity contribution in [2.45, 2.75) is 59.0 Å². The van der Waals surface area contributed by atoms with E-state index in [2.05, 4.69) is 34.5 Å². The molecule has 6 nitrogen and oxygen atoms in total. The summed E-state index contributed by atoms with van der Waals surface area (Å²) in [6.45, 7) is 8.67. The number of halogens is 1. The van der Waals surface area contributed by atoms with Gasteiger partial charge in [0.2, 0.25) is 5.91 Å². The lowest BCUT2D eigenvalue weighted by Gasteiger charge is -2.27. The molecule has 0 aromatic carbocycles. The minimum atomic E-state index is 0. The molecule has 25 heavy (non-hydrogen) atoms. The Kier molecular flexibility index (Phi) is 9.70. The molecule has 1 saturated heterocycles. The molecule has 1 atom stereocenters.